The first kappa shape index (κ1) is 52.4. The van der Waals surface area contributed by atoms with Gasteiger partial charge in [0, 0.05) is 32.3 Å². The topological polar surface area (TPSA) is 76.1 Å². The summed E-state index contributed by atoms with van der Waals surface area (Å²) >= 11 is 0. The molecule has 0 saturated carbocycles. The van der Waals surface area contributed by atoms with E-state index in [0.717, 1.165) is 96.7 Å². The Morgan fingerprint density at radius 3 is 1.39 bits per heavy atom. The van der Waals surface area contributed by atoms with Crippen molar-refractivity contribution in [3.8, 4) is 11.8 Å². The van der Waals surface area contributed by atoms with Gasteiger partial charge in [-0.25, -0.2) is 0 Å². The van der Waals surface area contributed by atoms with Crippen LogP contribution in [0.25, 0.3) is 0 Å². The summed E-state index contributed by atoms with van der Waals surface area (Å²) in [6.07, 6.45) is 39.5. The Balaban J connectivity index is 4.07. The van der Waals surface area contributed by atoms with E-state index in [0.29, 0.717) is 19.4 Å². The first-order chi connectivity index (χ1) is 26.6. The SMILES string of the molecule is CCCCC#CCCCOC(=O)CCCCCCCCCN(CCCCO)CCCCCCCC(=O)OC(CCCCCCCC)CCCCCCCC. The van der Waals surface area contributed by atoms with E-state index < -0.39 is 0 Å². The third-order valence-corrected chi connectivity index (χ3v) is 10.6. The average Bonchev–Trinajstić information content (AvgIpc) is 3.17. The van der Waals surface area contributed by atoms with E-state index in [2.05, 4.69) is 37.5 Å². The number of hydrogen-bond donors (Lipinski definition) is 1. The van der Waals surface area contributed by atoms with Crippen LogP contribution in [0.3, 0.4) is 0 Å². The van der Waals surface area contributed by atoms with Gasteiger partial charge in [-0.1, -0.05) is 143 Å². The molecule has 0 fully saturated rings. The highest BCUT2D eigenvalue weighted by Crippen LogP contribution is 2.18. The molecule has 54 heavy (non-hydrogen) atoms. The smallest absolute Gasteiger partial charge is 0.306 e. The van der Waals surface area contributed by atoms with Crippen LogP contribution < -0.4 is 0 Å². The van der Waals surface area contributed by atoms with E-state index in [-0.39, 0.29) is 24.6 Å². The monoisotopic (exact) mass is 762 g/mol. The molecule has 6 nitrogen and oxygen atoms in total. The summed E-state index contributed by atoms with van der Waals surface area (Å²) in [5, 5.41) is 9.28. The van der Waals surface area contributed by atoms with E-state index in [1.165, 1.54) is 135 Å². The van der Waals surface area contributed by atoms with Gasteiger partial charge in [0.15, 0.2) is 0 Å². The number of esters is 2. The first-order valence-corrected chi connectivity index (χ1v) is 23.7. The molecule has 6 heteroatoms. The summed E-state index contributed by atoms with van der Waals surface area (Å²) in [5.41, 5.74) is 0. The summed E-state index contributed by atoms with van der Waals surface area (Å²) in [6.45, 7) is 10.8. The summed E-state index contributed by atoms with van der Waals surface area (Å²) in [5.74, 6) is 6.31. The molecule has 1 N–H and O–H groups in total. The Bertz CT molecular complexity index is 836. The maximum absolute atomic E-state index is 12.8. The Kier molecular flexibility index (Phi) is 42.8. The van der Waals surface area contributed by atoms with Gasteiger partial charge in [-0.15, -0.1) is 11.8 Å². The van der Waals surface area contributed by atoms with Crippen molar-refractivity contribution in [2.45, 2.75) is 252 Å². The van der Waals surface area contributed by atoms with Crippen molar-refractivity contribution < 1.29 is 24.2 Å². The highest BCUT2D eigenvalue weighted by Gasteiger charge is 2.14. The second-order valence-corrected chi connectivity index (χ2v) is 16.0. The predicted molar refractivity (Wildman–Crippen MR) is 231 cm³/mol. The number of aliphatic hydroxyl groups excluding tert-OH is 1. The van der Waals surface area contributed by atoms with Crippen LogP contribution in [0.15, 0.2) is 0 Å². The number of carbonyl (C=O) groups excluding carboxylic acids is 2. The Labute approximate surface area is 336 Å². The van der Waals surface area contributed by atoms with E-state index in [9.17, 15) is 14.7 Å². The van der Waals surface area contributed by atoms with Gasteiger partial charge >= 0.3 is 11.9 Å². The lowest BCUT2D eigenvalue weighted by molar-refractivity contribution is -0.150. The number of rotatable bonds is 42. The molecule has 0 amide bonds. The minimum absolute atomic E-state index is 0.0254. The molecule has 0 aromatic heterocycles. The molecule has 0 heterocycles. The Morgan fingerprint density at radius 2 is 0.889 bits per heavy atom. The van der Waals surface area contributed by atoms with Gasteiger partial charge in [-0.05, 0) is 96.7 Å². The lowest BCUT2D eigenvalue weighted by Gasteiger charge is -2.22. The number of ether oxygens (including phenoxy) is 2. The van der Waals surface area contributed by atoms with E-state index >= 15 is 0 Å². The van der Waals surface area contributed by atoms with Crippen LogP contribution in [0.1, 0.15) is 245 Å². The zero-order valence-corrected chi connectivity index (χ0v) is 36.4. The number of carbonyl (C=O) groups is 2. The second-order valence-electron chi connectivity index (χ2n) is 16.0. The third kappa shape index (κ3) is 40.1. The molecule has 318 valence electrons. The maximum atomic E-state index is 12.8. The molecular formula is C48H91NO5. The van der Waals surface area contributed by atoms with Crippen LogP contribution in [0, 0.1) is 11.8 Å². The fourth-order valence-electron chi connectivity index (χ4n) is 7.08. The van der Waals surface area contributed by atoms with Crippen LogP contribution >= 0.6 is 0 Å². The van der Waals surface area contributed by atoms with Gasteiger partial charge in [-0.3, -0.25) is 9.59 Å². The molecule has 0 radical (unpaired) electrons. The van der Waals surface area contributed by atoms with Gasteiger partial charge in [0.1, 0.15) is 6.10 Å². The zero-order valence-electron chi connectivity index (χ0n) is 36.4. The van der Waals surface area contributed by atoms with E-state index in [1.54, 1.807) is 0 Å². The van der Waals surface area contributed by atoms with Gasteiger partial charge < -0.3 is 19.5 Å². The fourth-order valence-corrected chi connectivity index (χ4v) is 7.08. The standard InChI is InChI=1S/C48H91NO5/c1-4-7-10-13-19-27-36-45-53-47(51)39-30-23-17-16-18-25-32-41-49(43-34-35-44-50)42-33-26-20-24-31-40-48(52)54-46(37-28-21-14-11-8-5-2)38-29-22-15-12-9-6-3/h46,50H,4-12,14-18,20-45H2,1-3H3. The summed E-state index contributed by atoms with van der Waals surface area (Å²) in [6, 6.07) is 0. The molecule has 0 aliphatic rings. The molecule has 0 rings (SSSR count). The molecule has 0 aromatic carbocycles. The number of aliphatic hydroxyl groups is 1. The lowest BCUT2D eigenvalue weighted by Crippen LogP contribution is -2.27. The summed E-state index contributed by atoms with van der Waals surface area (Å²) in [4.78, 5) is 27.3. The van der Waals surface area contributed by atoms with Crippen LogP contribution in [-0.2, 0) is 19.1 Å². The van der Waals surface area contributed by atoms with E-state index in [4.69, 9.17) is 9.47 Å². The minimum atomic E-state index is -0.0590. The van der Waals surface area contributed by atoms with Crippen molar-refractivity contribution in [1.82, 2.24) is 4.90 Å². The summed E-state index contributed by atoms with van der Waals surface area (Å²) in [7, 11) is 0. The Morgan fingerprint density at radius 1 is 0.481 bits per heavy atom. The van der Waals surface area contributed by atoms with Crippen molar-refractivity contribution in [2.75, 3.05) is 32.8 Å². The molecule has 0 unspecified atom stereocenters. The highest BCUT2D eigenvalue weighted by molar-refractivity contribution is 5.69. The Hall–Kier alpha value is -1.58. The van der Waals surface area contributed by atoms with Crippen molar-refractivity contribution in [2.24, 2.45) is 0 Å². The fraction of sp³-hybridized carbons (Fsp3) is 0.917. The summed E-state index contributed by atoms with van der Waals surface area (Å²) < 4.78 is 11.4. The minimum Gasteiger partial charge on any atom is -0.466 e. The van der Waals surface area contributed by atoms with Crippen LogP contribution in [-0.4, -0.2) is 60.9 Å². The molecule has 0 aromatic rings. The van der Waals surface area contributed by atoms with Crippen LogP contribution in [0.2, 0.25) is 0 Å². The van der Waals surface area contributed by atoms with Crippen molar-refractivity contribution >= 4 is 11.9 Å². The van der Waals surface area contributed by atoms with Gasteiger partial charge in [0.25, 0.3) is 0 Å². The van der Waals surface area contributed by atoms with Gasteiger partial charge in [0.2, 0.25) is 0 Å². The third-order valence-electron chi connectivity index (χ3n) is 10.6. The number of hydrogen-bond acceptors (Lipinski definition) is 6. The predicted octanol–water partition coefficient (Wildman–Crippen LogP) is 13.5. The largest absolute Gasteiger partial charge is 0.466 e. The molecule has 0 spiro atoms. The van der Waals surface area contributed by atoms with Crippen molar-refractivity contribution in [3.05, 3.63) is 0 Å². The number of nitrogens with zero attached hydrogens (tertiary/aromatic N) is 1. The van der Waals surface area contributed by atoms with Gasteiger partial charge in [0.05, 0.1) is 6.61 Å². The van der Waals surface area contributed by atoms with Crippen molar-refractivity contribution in [3.63, 3.8) is 0 Å². The van der Waals surface area contributed by atoms with Crippen molar-refractivity contribution in [1.29, 1.82) is 0 Å². The zero-order chi connectivity index (χ0) is 39.4. The number of unbranched alkanes of at least 4 members (excludes halogenated alkanes) is 24. The molecule has 0 atom stereocenters. The van der Waals surface area contributed by atoms with Crippen LogP contribution in [0.5, 0.6) is 0 Å². The lowest BCUT2D eigenvalue weighted by atomic mass is 10.0. The molecular weight excluding hydrogens is 671 g/mol. The molecule has 0 aliphatic heterocycles. The molecule has 0 saturated heterocycles. The maximum Gasteiger partial charge on any atom is 0.306 e. The quantitative estimate of drug-likeness (QED) is 0.0379. The van der Waals surface area contributed by atoms with Gasteiger partial charge in [-0.2, -0.15) is 0 Å². The highest BCUT2D eigenvalue weighted by atomic mass is 16.5. The normalized spacial score (nSPS) is 11.3. The first-order valence-electron chi connectivity index (χ1n) is 23.7. The second kappa shape index (κ2) is 44.1. The van der Waals surface area contributed by atoms with E-state index in [1.807, 2.05) is 0 Å². The molecule has 0 bridgehead atoms. The molecule has 0 aliphatic carbocycles. The average molecular weight is 762 g/mol. The van der Waals surface area contributed by atoms with Crippen LogP contribution in [0.4, 0.5) is 0 Å².